The van der Waals surface area contributed by atoms with Crippen molar-refractivity contribution in [2.45, 2.75) is 0 Å². The van der Waals surface area contributed by atoms with Crippen molar-refractivity contribution in [2.75, 3.05) is 0 Å². The van der Waals surface area contributed by atoms with Crippen LogP contribution in [0.5, 0.6) is 0 Å². The van der Waals surface area contributed by atoms with Crippen LogP contribution in [0.2, 0.25) is 0 Å². The van der Waals surface area contributed by atoms with Gasteiger partial charge in [-0.15, -0.1) is 22.7 Å². The minimum Gasteiger partial charge on any atom is -0.473 e. The van der Waals surface area contributed by atoms with Gasteiger partial charge in [-0.2, -0.15) is 0 Å². The summed E-state index contributed by atoms with van der Waals surface area (Å²) in [6.45, 7) is 0. The summed E-state index contributed by atoms with van der Waals surface area (Å²) < 4.78 is 2.18. The van der Waals surface area contributed by atoms with Gasteiger partial charge in [-0.05, 0) is 33.4 Å². The van der Waals surface area contributed by atoms with Gasteiger partial charge in [-0.3, -0.25) is 0 Å². The fraction of sp³-hybridized carbons (Fsp3) is 0. The van der Waals surface area contributed by atoms with Gasteiger partial charge in [0.05, 0.1) is 0 Å². The van der Waals surface area contributed by atoms with Gasteiger partial charge in [-0.1, -0.05) is 36.4 Å². The predicted octanol–water partition coefficient (Wildman–Crippen LogP) is 7.34. The van der Waals surface area contributed by atoms with Gasteiger partial charge in [0.1, 0.15) is 0 Å². The SMILES string of the molecule is [Cl][Pt+2][Cl].[NH-]c1nc2ccccc2s1.[NH-]c1nc2ccccc2s1. The van der Waals surface area contributed by atoms with E-state index in [0.717, 1.165) is 20.4 Å². The summed E-state index contributed by atoms with van der Waals surface area (Å²) in [6, 6.07) is 15.6. The van der Waals surface area contributed by atoms with Crippen LogP contribution in [0, 0.1) is 0 Å². The van der Waals surface area contributed by atoms with Crippen LogP contribution in [0.15, 0.2) is 48.5 Å². The van der Waals surface area contributed by atoms with Gasteiger partial charge in [0.2, 0.25) is 0 Å². The molecule has 2 aromatic heterocycles. The Kier molecular flexibility index (Phi) is 7.53. The number of hydrogen-bond acceptors (Lipinski definition) is 4. The van der Waals surface area contributed by atoms with Crippen LogP contribution in [-0.2, 0) is 16.5 Å². The summed E-state index contributed by atoms with van der Waals surface area (Å²) in [7, 11) is 9.75. The second-order valence-electron chi connectivity index (χ2n) is 4.02. The summed E-state index contributed by atoms with van der Waals surface area (Å²) >= 11 is 2.34. The van der Waals surface area contributed by atoms with Gasteiger partial charge in [0.15, 0.2) is 0 Å². The molecule has 0 aliphatic heterocycles. The number of aromatic nitrogens is 2. The van der Waals surface area contributed by atoms with Crippen LogP contribution in [0.3, 0.4) is 0 Å². The molecule has 0 atom stereocenters. The molecule has 2 heterocycles. The fourth-order valence-electron chi connectivity index (χ4n) is 1.74. The van der Waals surface area contributed by atoms with Gasteiger partial charge in [0, 0.05) is 9.40 Å². The molecular formula is C14H10Cl2N4PtS2. The molecule has 122 valence electrons. The zero-order chi connectivity index (χ0) is 16.7. The van der Waals surface area contributed by atoms with Crippen molar-refractivity contribution in [1.29, 1.82) is 0 Å². The first kappa shape index (κ1) is 18.4. The third kappa shape index (κ3) is 5.59. The number of nitrogens with zero attached hydrogens (tertiary/aromatic N) is 2. The van der Waals surface area contributed by atoms with Crippen molar-refractivity contribution >= 4 is 72.2 Å². The summed E-state index contributed by atoms with van der Waals surface area (Å²) in [4.78, 5) is 8.00. The Morgan fingerprint density at radius 1 is 0.739 bits per heavy atom. The van der Waals surface area contributed by atoms with Gasteiger partial charge < -0.3 is 21.4 Å². The number of para-hydroxylation sites is 2. The first-order valence-electron chi connectivity index (χ1n) is 6.10. The zero-order valence-corrected chi connectivity index (χ0v) is 16.8. The molecule has 4 nitrogen and oxygen atoms in total. The second-order valence-corrected chi connectivity index (χ2v) is 9.36. The molecule has 0 unspecified atom stereocenters. The monoisotopic (exact) mass is 563 g/mol. The van der Waals surface area contributed by atoms with Crippen LogP contribution in [0.1, 0.15) is 0 Å². The van der Waals surface area contributed by atoms with E-state index >= 15 is 0 Å². The summed E-state index contributed by atoms with van der Waals surface area (Å²) in [5, 5.41) is 0.780. The van der Waals surface area contributed by atoms with Gasteiger partial charge >= 0.3 is 35.3 Å². The Hall–Kier alpha value is -0.912. The van der Waals surface area contributed by atoms with Crippen LogP contribution in [-0.4, -0.2) is 9.97 Å². The quantitative estimate of drug-likeness (QED) is 0.224. The molecule has 4 rings (SSSR count). The summed E-state index contributed by atoms with van der Waals surface area (Å²) in [6.07, 6.45) is 0. The Morgan fingerprint density at radius 3 is 1.43 bits per heavy atom. The Morgan fingerprint density at radius 2 is 1.09 bits per heavy atom. The first-order chi connectivity index (χ1) is 11.1. The topological polar surface area (TPSA) is 73.4 Å². The third-order valence-corrected chi connectivity index (χ3v) is 4.29. The first-order valence-corrected chi connectivity index (χ1v) is 13.4. The molecule has 4 aromatic rings. The molecule has 9 heteroatoms. The third-order valence-electron chi connectivity index (χ3n) is 2.59. The molecule has 0 spiro atoms. The van der Waals surface area contributed by atoms with E-state index in [1.165, 1.54) is 22.7 Å². The zero-order valence-electron chi connectivity index (χ0n) is 11.4. The molecule has 0 bridgehead atoms. The van der Waals surface area contributed by atoms with Gasteiger partial charge in [-0.25, -0.2) is 0 Å². The van der Waals surface area contributed by atoms with Crippen molar-refractivity contribution in [3.8, 4) is 0 Å². The number of hydrogen-bond donors (Lipinski definition) is 0. The molecule has 2 aromatic carbocycles. The van der Waals surface area contributed by atoms with E-state index in [4.69, 9.17) is 30.3 Å². The van der Waals surface area contributed by atoms with E-state index in [2.05, 4.69) is 9.97 Å². The van der Waals surface area contributed by atoms with E-state index in [9.17, 15) is 0 Å². The molecule has 0 saturated heterocycles. The Balaban J connectivity index is 0.000000143. The summed E-state index contributed by atoms with van der Waals surface area (Å²) in [5.41, 5.74) is 16.3. The van der Waals surface area contributed by atoms with Crippen molar-refractivity contribution in [2.24, 2.45) is 0 Å². The number of thiazole rings is 2. The maximum absolute atomic E-state index is 7.23. The minimum atomic E-state index is -0.472. The van der Waals surface area contributed by atoms with Crippen LogP contribution < -0.4 is 0 Å². The number of rotatable bonds is 0. The standard InChI is InChI=1S/2C7H5N2S.2ClH.Pt/c2*8-7-9-5-3-1-2-4-6(5)10-7;;;/h2*1-4H,(H-,8,9);2*1H;/q2*-1;;;+4/p-2. The Bertz CT molecular complexity index is 743. The maximum atomic E-state index is 7.23. The van der Waals surface area contributed by atoms with Gasteiger partial charge in [0.25, 0.3) is 0 Å². The number of benzene rings is 2. The van der Waals surface area contributed by atoms with Crippen molar-refractivity contribution in [3.63, 3.8) is 0 Å². The molecule has 0 aliphatic rings. The van der Waals surface area contributed by atoms with Crippen LogP contribution in [0.25, 0.3) is 31.9 Å². The predicted molar refractivity (Wildman–Crippen MR) is 98.9 cm³/mol. The van der Waals surface area contributed by atoms with E-state index < -0.39 is 16.5 Å². The number of nitrogens with one attached hydrogen (secondary N) is 2. The number of fused-ring (bicyclic) bond motifs is 2. The van der Waals surface area contributed by atoms with Crippen LogP contribution >= 0.6 is 41.5 Å². The average Bonchev–Trinajstić information content (AvgIpc) is 3.08. The van der Waals surface area contributed by atoms with Crippen molar-refractivity contribution in [1.82, 2.24) is 9.97 Å². The van der Waals surface area contributed by atoms with E-state index in [1.54, 1.807) is 0 Å². The van der Waals surface area contributed by atoms with Crippen molar-refractivity contribution in [3.05, 3.63) is 60.0 Å². The number of halogens is 2. The molecule has 0 saturated carbocycles. The molecule has 0 fully saturated rings. The molecule has 2 N–H and O–H groups in total. The Labute approximate surface area is 157 Å². The maximum Gasteiger partial charge on any atom is 0.0300 e. The largest absolute Gasteiger partial charge is 0.473 e. The smallest absolute Gasteiger partial charge is 0.0300 e. The van der Waals surface area contributed by atoms with E-state index in [1.807, 2.05) is 48.5 Å². The molecular weight excluding hydrogens is 554 g/mol. The minimum absolute atomic E-state index is 0.390. The molecule has 0 radical (unpaired) electrons. The van der Waals surface area contributed by atoms with Crippen LogP contribution in [0.4, 0.5) is 10.3 Å². The summed E-state index contributed by atoms with van der Waals surface area (Å²) in [5.74, 6) is 0. The normalized spacial score (nSPS) is 10.0. The second kappa shape index (κ2) is 9.40. The molecule has 0 aliphatic carbocycles. The molecule has 23 heavy (non-hydrogen) atoms. The average molecular weight is 564 g/mol. The van der Waals surface area contributed by atoms with E-state index in [0.29, 0.717) is 10.3 Å². The molecule has 0 amide bonds. The van der Waals surface area contributed by atoms with Crippen molar-refractivity contribution < 1.29 is 16.5 Å². The van der Waals surface area contributed by atoms with E-state index in [-0.39, 0.29) is 0 Å². The fourth-order valence-corrected chi connectivity index (χ4v) is 3.18.